The molecule has 2 aromatic heterocycles. The average molecular weight is 414 g/mol. The maximum Gasteiger partial charge on any atom is 0.330 e. The van der Waals surface area contributed by atoms with Crippen LogP contribution in [0, 0.1) is 18.3 Å². The van der Waals surface area contributed by atoms with E-state index in [4.69, 9.17) is 10.00 Å². The van der Waals surface area contributed by atoms with Gasteiger partial charge in [-0.25, -0.2) is 18.6 Å². The average Bonchev–Trinajstić information content (AvgIpc) is 3.00. The van der Waals surface area contributed by atoms with Gasteiger partial charge in [-0.05, 0) is 43.5 Å². The highest BCUT2D eigenvalue weighted by Crippen LogP contribution is 2.26. The molecule has 1 aliphatic rings. The topological polar surface area (TPSA) is 97.8 Å². The van der Waals surface area contributed by atoms with Crippen molar-refractivity contribution in [3.8, 4) is 6.07 Å². The number of anilines is 2. The van der Waals surface area contributed by atoms with Crippen LogP contribution >= 0.6 is 0 Å². The zero-order valence-corrected chi connectivity index (χ0v) is 16.3. The highest BCUT2D eigenvalue weighted by molar-refractivity contribution is 5.73. The van der Waals surface area contributed by atoms with Crippen molar-refractivity contribution in [2.24, 2.45) is 0 Å². The molecular weight excluding hydrogens is 394 g/mol. The van der Waals surface area contributed by atoms with Gasteiger partial charge >= 0.3 is 5.69 Å². The van der Waals surface area contributed by atoms with Crippen LogP contribution in [0.3, 0.4) is 0 Å². The summed E-state index contributed by atoms with van der Waals surface area (Å²) in [6.07, 6.45) is -0.0660. The molecule has 1 aliphatic heterocycles. The number of imidazole rings is 1. The number of nitrogens with zero attached hydrogens (tertiary/aromatic N) is 5. The van der Waals surface area contributed by atoms with Gasteiger partial charge in [0.1, 0.15) is 5.52 Å². The predicted molar refractivity (Wildman–Crippen MR) is 106 cm³/mol. The second-order valence-electron chi connectivity index (χ2n) is 7.17. The lowest BCUT2D eigenvalue weighted by Crippen LogP contribution is -2.31. The van der Waals surface area contributed by atoms with Crippen molar-refractivity contribution in [1.82, 2.24) is 19.1 Å². The Morgan fingerprint density at radius 1 is 1.37 bits per heavy atom. The summed E-state index contributed by atoms with van der Waals surface area (Å²) in [6, 6.07) is 7.06. The summed E-state index contributed by atoms with van der Waals surface area (Å²) in [7, 11) is 0. The number of nitrogens with one attached hydrogen (secondary N) is 1. The molecule has 30 heavy (non-hydrogen) atoms. The number of hydrogen-bond donors (Lipinski definition) is 1. The van der Waals surface area contributed by atoms with Gasteiger partial charge in [0, 0.05) is 24.9 Å². The lowest BCUT2D eigenvalue weighted by atomic mass is 10.1. The number of aryl methyl sites for hydroxylation is 1. The van der Waals surface area contributed by atoms with Crippen LogP contribution in [0.15, 0.2) is 29.2 Å². The van der Waals surface area contributed by atoms with E-state index in [0.29, 0.717) is 43.0 Å². The van der Waals surface area contributed by atoms with Gasteiger partial charge in [0.05, 0.1) is 24.4 Å². The number of aromatic nitrogens is 4. The van der Waals surface area contributed by atoms with Crippen LogP contribution in [0.4, 0.5) is 20.4 Å². The van der Waals surface area contributed by atoms with Crippen molar-refractivity contribution in [1.29, 1.82) is 5.26 Å². The summed E-state index contributed by atoms with van der Waals surface area (Å²) in [5, 5.41) is 12.1. The van der Waals surface area contributed by atoms with E-state index in [1.807, 2.05) is 6.92 Å². The monoisotopic (exact) mass is 414 g/mol. The van der Waals surface area contributed by atoms with Crippen molar-refractivity contribution < 1.29 is 13.5 Å². The van der Waals surface area contributed by atoms with E-state index in [0.717, 1.165) is 10.1 Å². The molecule has 0 unspecified atom stereocenters. The Morgan fingerprint density at radius 2 is 2.13 bits per heavy atom. The Hall–Kier alpha value is -3.32. The summed E-state index contributed by atoms with van der Waals surface area (Å²) in [5.74, 6) is 0.241. The summed E-state index contributed by atoms with van der Waals surface area (Å²) in [5.41, 5.74) is 2.14. The van der Waals surface area contributed by atoms with E-state index in [1.165, 1.54) is 10.8 Å². The maximum atomic E-state index is 13.1. The number of hydrogen-bond acceptors (Lipinski definition) is 6. The van der Waals surface area contributed by atoms with E-state index < -0.39 is 18.7 Å². The van der Waals surface area contributed by atoms with E-state index in [9.17, 15) is 13.6 Å². The highest BCUT2D eigenvalue weighted by Gasteiger charge is 2.25. The van der Waals surface area contributed by atoms with Gasteiger partial charge in [0.2, 0.25) is 5.95 Å². The van der Waals surface area contributed by atoms with Crippen LogP contribution in [0.1, 0.15) is 30.0 Å². The molecule has 3 aromatic rings. The minimum atomic E-state index is -2.67. The summed E-state index contributed by atoms with van der Waals surface area (Å²) in [6.45, 7) is 2.13. The second kappa shape index (κ2) is 8.20. The summed E-state index contributed by atoms with van der Waals surface area (Å²) >= 11 is 0. The highest BCUT2D eigenvalue weighted by atomic mass is 19.3. The second-order valence-corrected chi connectivity index (χ2v) is 7.17. The maximum absolute atomic E-state index is 13.1. The molecule has 0 saturated carbocycles. The zero-order chi connectivity index (χ0) is 21.3. The molecule has 1 fully saturated rings. The third-order valence-electron chi connectivity index (χ3n) is 5.18. The first-order chi connectivity index (χ1) is 14.5. The fraction of sp³-hybridized carbons (Fsp3) is 0.400. The summed E-state index contributed by atoms with van der Waals surface area (Å²) < 4.78 is 34.1. The zero-order valence-electron chi connectivity index (χ0n) is 16.3. The Labute approximate surface area is 170 Å². The lowest BCUT2D eigenvalue weighted by molar-refractivity contribution is 0.0690. The first-order valence-corrected chi connectivity index (χ1v) is 9.59. The SMILES string of the molecule is Cc1cc(C#N)ccc1Nc1ncc2c(n1)n(C1CCOCC1)c(=O)n2CC(F)F. The molecule has 3 heterocycles. The molecule has 0 atom stereocenters. The Morgan fingerprint density at radius 3 is 2.80 bits per heavy atom. The molecule has 10 heteroatoms. The van der Waals surface area contributed by atoms with Crippen molar-refractivity contribution in [3.05, 3.63) is 46.0 Å². The van der Waals surface area contributed by atoms with Crippen molar-refractivity contribution in [2.75, 3.05) is 18.5 Å². The van der Waals surface area contributed by atoms with Gasteiger partial charge in [-0.3, -0.25) is 9.13 Å². The van der Waals surface area contributed by atoms with Crippen LogP contribution in [0.5, 0.6) is 0 Å². The van der Waals surface area contributed by atoms with Crippen molar-refractivity contribution in [3.63, 3.8) is 0 Å². The number of ether oxygens (including phenoxy) is 1. The Kier molecular flexibility index (Phi) is 5.46. The molecule has 0 radical (unpaired) electrons. The molecule has 1 N–H and O–H groups in total. The smallest absolute Gasteiger partial charge is 0.330 e. The fourth-order valence-electron chi connectivity index (χ4n) is 3.70. The summed E-state index contributed by atoms with van der Waals surface area (Å²) in [4.78, 5) is 21.7. The molecule has 1 saturated heterocycles. The third kappa shape index (κ3) is 3.76. The number of nitriles is 1. The van der Waals surface area contributed by atoms with Gasteiger partial charge in [-0.1, -0.05) is 0 Å². The largest absolute Gasteiger partial charge is 0.381 e. The van der Waals surface area contributed by atoms with E-state index in [1.54, 1.807) is 18.2 Å². The molecule has 8 nitrogen and oxygen atoms in total. The first-order valence-electron chi connectivity index (χ1n) is 9.59. The van der Waals surface area contributed by atoms with Crippen molar-refractivity contribution >= 4 is 22.8 Å². The van der Waals surface area contributed by atoms with E-state index in [2.05, 4.69) is 21.4 Å². The van der Waals surface area contributed by atoms with Gasteiger partial charge in [-0.2, -0.15) is 10.2 Å². The van der Waals surface area contributed by atoms with Crippen LogP contribution in [0.25, 0.3) is 11.2 Å². The van der Waals surface area contributed by atoms with Crippen LogP contribution in [-0.2, 0) is 11.3 Å². The molecule has 4 rings (SSSR count). The normalized spacial score (nSPS) is 14.9. The minimum Gasteiger partial charge on any atom is -0.381 e. The number of rotatable bonds is 5. The number of benzene rings is 1. The minimum absolute atomic E-state index is 0.174. The standard InChI is InChI=1S/C20H20F2N6O2/c1-12-8-13(9-23)2-3-15(12)25-19-24-10-16-18(26-19)28(14-4-6-30-7-5-14)20(29)27(16)11-17(21)22/h2-3,8,10,14,17H,4-7,11H2,1H3,(H,24,25,26). The molecular formula is C20H20F2N6O2. The van der Waals surface area contributed by atoms with Crippen molar-refractivity contribution in [2.45, 2.75) is 38.8 Å². The molecule has 0 aliphatic carbocycles. The fourth-order valence-corrected chi connectivity index (χ4v) is 3.70. The number of fused-ring (bicyclic) bond motifs is 1. The Balaban J connectivity index is 1.79. The molecule has 156 valence electrons. The number of halogens is 2. The van der Waals surface area contributed by atoms with Gasteiger partial charge in [0.25, 0.3) is 6.43 Å². The molecule has 0 spiro atoms. The van der Waals surface area contributed by atoms with Crippen LogP contribution in [0.2, 0.25) is 0 Å². The predicted octanol–water partition coefficient (Wildman–Crippen LogP) is 3.13. The van der Waals surface area contributed by atoms with Gasteiger partial charge in [-0.15, -0.1) is 0 Å². The molecule has 1 aromatic carbocycles. The van der Waals surface area contributed by atoms with Crippen LogP contribution in [-0.4, -0.2) is 38.7 Å². The van der Waals surface area contributed by atoms with Gasteiger partial charge in [0.15, 0.2) is 5.65 Å². The van der Waals surface area contributed by atoms with E-state index >= 15 is 0 Å². The van der Waals surface area contributed by atoms with E-state index in [-0.39, 0.29) is 17.5 Å². The Bertz CT molecular complexity index is 1170. The first kappa shape index (κ1) is 20.0. The number of alkyl halides is 2. The molecule has 0 bridgehead atoms. The van der Waals surface area contributed by atoms with Crippen LogP contribution < -0.4 is 11.0 Å². The molecule has 0 amide bonds. The third-order valence-corrected chi connectivity index (χ3v) is 5.18. The quantitative estimate of drug-likeness (QED) is 0.689. The lowest BCUT2D eigenvalue weighted by Gasteiger charge is -2.22. The van der Waals surface area contributed by atoms with Gasteiger partial charge < -0.3 is 10.1 Å².